The highest BCUT2D eigenvalue weighted by atomic mass is 127. The molecule has 0 rings (SSSR count). The van der Waals surface area contributed by atoms with Gasteiger partial charge in [0.15, 0.2) is 0 Å². The van der Waals surface area contributed by atoms with Gasteiger partial charge in [-0.3, -0.25) is 13.9 Å². The molecule has 0 aliphatic heterocycles. The first kappa shape index (κ1) is 28.1. The molecule has 0 aromatic carbocycles. The van der Waals surface area contributed by atoms with Crippen LogP contribution in [0.25, 0.3) is 0 Å². The van der Waals surface area contributed by atoms with Crippen molar-refractivity contribution >= 4 is 48.2 Å². The molecule has 30 heavy (non-hydrogen) atoms. The number of amides is 1. The van der Waals surface area contributed by atoms with E-state index >= 15 is 0 Å². The summed E-state index contributed by atoms with van der Waals surface area (Å²) in [5.74, 6) is -1.23. The van der Waals surface area contributed by atoms with Crippen molar-refractivity contribution in [1.82, 2.24) is 14.1 Å². The van der Waals surface area contributed by atoms with Gasteiger partial charge in [-0.05, 0) is 24.5 Å². The first-order valence-corrected chi connectivity index (χ1v) is 12.5. The Hall–Kier alpha value is -1.88. The number of hydrogen-bond donors (Lipinski definition) is 1. The van der Waals surface area contributed by atoms with E-state index in [4.69, 9.17) is 5.41 Å². The summed E-state index contributed by atoms with van der Waals surface area (Å²) in [6, 6.07) is 0. The topological polar surface area (TPSA) is 67.7 Å². The average Bonchev–Trinajstić information content (AvgIpc) is 2.72. The molecule has 0 aromatic rings. The lowest BCUT2D eigenvalue weighted by atomic mass is 10.1. The molecule has 0 aromatic heterocycles. The molecule has 0 aliphatic carbocycles. The number of ketones is 1. The number of carbonyl (C=O) groups is 2. The Balaban J connectivity index is 6.58. The summed E-state index contributed by atoms with van der Waals surface area (Å²) in [5.41, 5.74) is 1.43. The lowest BCUT2D eigenvalue weighted by Crippen LogP contribution is -2.26. The third kappa shape index (κ3) is 7.75. The minimum atomic E-state index is -0.461. The molecule has 166 valence electrons. The van der Waals surface area contributed by atoms with E-state index in [0.717, 1.165) is 6.21 Å². The second-order valence-corrected chi connectivity index (χ2v) is 8.22. The van der Waals surface area contributed by atoms with E-state index in [1.54, 1.807) is 30.2 Å². The molecule has 0 fully saturated rings. The SMILES string of the molecule is C=C(CC)/C(=C\C(=C(\F)CC)N(C)C(C)=O)N(SI)C(=C)C(=O)/C(C=N)=C/N(C)C. The van der Waals surface area contributed by atoms with Gasteiger partial charge < -0.3 is 15.2 Å². The zero-order valence-corrected chi connectivity index (χ0v) is 21.4. The van der Waals surface area contributed by atoms with E-state index < -0.39 is 11.6 Å². The van der Waals surface area contributed by atoms with Crippen molar-refractivity contribution in [3.63, 3.8) is 0 Å². The molecule has 0 atom stereocenters. The highest BCUT2D eigenvalue weighted by Gasteiger charge is 2.24. The largest absolute Gasteiger partial charge is 0.383 e. The number of hydrogen-bond acceptors (Lipinski definition) is 6. The first-order valence-electron chi connectivity index (χ1n) is 9.20. The summed E-state index contributed by atoms with van der Waals surface area (Å²) in [6.45, 7) is 12.8. The molecule has 0 spiro atoms. The van der Waals surface area contributed by atoms with Crippen LogP contribution < -0.4 is 0 Å². The summed E-state index contributed by atoms with van der Waals surface area (Å²) in [4.78, 5) is 27.7. The Labute approximate surface area is 195 Å². The summed E-state index contributed by atoms with van der Waals surface area (Å²) < 4.78 is 16.2. The van der Waals surface area contributed by atoms with Crippen LogP contribution >= 0.6 is 30.3 Å². The predicted octanol–water partition coefficient (Wildman–Crippen LogP) is 5.38. The molecule has 0 saturated carbocycles. The number of Topliss-reactive ketones (excluding diaryl/α,β-unsaturated/α-hetero) is 1. The fourth-order valence-corrected chi connectivity index (χ4v) is 4.02. The number of allylic oxidation sites excluding steroid dienone is 4. The molecule has 0 saturated heterocycles. The van der Waals surface area contributed by atoms with Crippen molar-refractivity contribution in [3.05, 3.63) is 59.5 Å². The van der Waals surface area contributed by atoms with Crippen molar-refractivity contribution in [1.29, 1.82) is 5.41 Å². The third-order valence-electron chi connectivity index (χ3n) is 4.09. The molecule has 0 aliphatic rings. The zero-order valence-electron chi connectivity index (χ0n) is 18.4. The van der Waals surface area contributed by atoms with E-state index in [9.17, 15) is 14.0 Å². The minimum Gasteiger partial charge on any atom is -0.383 e. The van der Waals surface area contributed by atoms with E-state index in [2.05, 4.69) is 13.2 Å². The third-order valence-corrected chi connectivity index (χ3v) is 5.83. The fourth-order valence-electron chi connectivity index (χ4n) is 2.25. The highest BCUT2D eigenvalue weighted by molar-refractivity contribution is 14.2. The average molecular weight is 548 g/mol. The molecule has 1 N–H and O–H groups in total. The highest BCUT2D eigenvalue weighted by Crippen LogP contribution is 2.35. The molecule has 0 heterocycles. The second kappa shape index (κ2) is 13.4. The van der Waals surface area contributed by atoms with Crippen LogP contribution in [0.5, 0.6) is 0 Å². The van der Waals surface area contributed by atoms with Crippen LogP contribution in [0.4, 0.5) is 4.39 Å². The maximum atomic E-state index is 14.6. The fraction of sp³-hybridized carbons (Fsp3) is 0.381. The summed E-state index contributed by atoms with van der Waals surface area (Å²) >= 11 is 2.00. The zero-order chi connectivity index (χ0) is 23.6. The van der Waals surface area contributed by atoms with Gasteiger partial charge in [-0.2, -0.15) is 0 Å². The van der Waals surface area contributed by atoms with E-state index in [-0.39, 0.29) is 29.3 Å². The van der Waals surface area contributed by atoms with Crippen LogP contribution in [0.15, 0.2) is 59.5 Å². The molecular weight excluding hydrogens is 518 g/mol. The standard InChI is InChI=1S/C21H30FIN4O2S/c1-9-14(3)19(11-20(18(22)10-2)26(8)16(5)28)27(30-23)15(4)21(29)17(12-24)13-25(6)7/h11-13,24H,3-4,9-10H2,1-2,5-8H3/b17-13+,19-11+,20-18-,24-12?. The van der Waals surface area contributed by atoms with Gasteiger partial charge in [0, 0.05) is 70.8 Å². The van der Waals surface area contributed by atoms with E-state index in [1.807, 2.05) is 28.1 Å². The van der Waals surface area contributed by atoms with Crippen LogP contribution in [0.3, 0.4) is 0 Å². The van der Waals surface area contributed by atoms with Crippen LogP contribution in [-0.2, 0) is 9.59 Å². The molecule has 9 heteroatoms. The number of nitrogens with one attached hydrogen (secondary N) is 1. The van der Waals surface area contributed by atoms with Crippen molar-refractivity contribution in [2.75, 3.05) is 21.1 Å². The lowest BCUT2D eigenvalue weighted by Gasteiger charge is -2.28. The number of nitrogens with zero attached hydrogens (tertiary/aromatic N) is 3. The van der Waals surface area contributed by atoms with E-state index in [0.29, 0.717) is 17.7 Å². The van der Waals surface area contributed by atoms with Crippen LogP contribution in [-0.4, -0.2) is 53.2 Å². The molecule has 1 amide bonds. The molecule has 0 bridgehead atoms. The Bertz CT molecular complexity index is 803. The lowest BCUT2D eigenvalue weighted by molar-refractivity contribution is -0.125. The Morgan fingerprint density at radius 2 is 1.73 bits per heavy atom. The van der Waals surface area contributed by atoms with Gasteiger partial charge in [0.05, 0.1) is 22.7 Å². The Kier molecular flexibility index (Phi) is 12.6. The summed E-state index contributed by atoms with van der Waals surface area (Å²) in [5, 5.41) is 7.56. The molecule has 0 radical (unpaired) electrons. The van der Waals surface area contributed by atoms with Gasteiger partial charge in [0.2, 0.25) is 11.7 Å². The molecule has 6 nitrogen and oxygen atoms in total. The number of carbonyl (C=O) groups excluding carboxylic acids is 2. The number of rotatable bonds is 12. The van der Waals surface area contributed by atoms with Crippen molar-refractivity contribution in [2.24, 2.45) is 0 Å². The van der Waals surface area contributed by atoms with Gasteiger partial charge in [-0.15, -0.1) is 0 Å². The van der Waals surface area contributed by atoms with Gasteiger partial charge in [0.25, 0.3) is 0 Å². The predicted molar refractivity (Wildman–Crippen MR) is 133 cm³/mol. The van der Waals surface area contributed by atoms with Crippen LogP contribution in [0, 0.1) is 5.41 Å². The smallest absolute Gasteiger partial charge is 0.223 e. The first-order chi connectivity index (χ1) is 14.0. The molecule has 0 unspecified atom stereocenters. The van der Waals surface area contributed by atoms with Gasteiger partial charge in [-0.25, -0.2) is 4.39 Å². The monoisotopic (exact) mass is 548 g/mol. The summed E-state index contributed by atoms with van der Waals surface area (Å²) in [6.07, 6.45) is 4.65. The summed E-state index contributed by atoms with van der Waals surface area (Å²) in [7, 11) is 6.16. The van der Waals surface area contributed by atoms with Crippen molar-refractivity contribution in [2.45, 2.75) is 33.6 Å². The Morgan fingerprint density at radius 3 is 2.10 bits per heavy atom. The van der Waals surface area contributed by atoms with E-state index in [1.165, 1.54) is 40.3 Å². The second-order valence-electron chi connectivity index (χ2n) is 6.54. The Morgan fingerprint density at radius 1 is 1.17 bits per heavy atom. The normalized spacial score (nSPS) is 12.7. The number of likely N-dealkylation sites (N-methyl/N-ethyl adjacent to an activating group) is 1. The molecular formula is C21H30FIN4O2S. The minimum absolute atomic E-state index is 0.0913. The van der Waals surface area contributed by atoms with Crippen LogP contribution in [0.1, 0.15) is 33.6 Å². The maximum absolute atomic E-state index is 14.6. The quantitative estimate of drug-likeness (QED) is 0.117. The van der Waals surface area contributed by atoms with Crippen molar-refractivity contribution < 1.29 is 14.0 Å². The van der Waals surface area contributed by atoms with Gasteiger partial charge in [0.1, 0.15) is 5.83 Å². The van der Waals surface area contributed by atoms with Crippen LogP contribution in [0.2, 0.25) is 0 Å². The van der Waals surface area contributed by atoms with Crippen molar-refractivity contribution in [3.8, 4) is 0 Å². The maximum Gasteiger partial charge on any atom is 0.223 e. The van der Waals surface area contributed by atoms with Gasteiger partial charge in [-0.1, -0.05) is 27.0 Å². The van der Waals surface area contributed by atoms with Gasteiger partial charge >= 0.3 is 0 Å². The number of halogens is 2.